The number of hydrazine groups is 1. The SMILES string of the molecule is Cc1cc(Cl)ccc1OCCCC(=O)NN1CCOCC1. The smallest absolute Gasteiger partial charge is 0.234 e. The first-order chi connectivity index (χ1) is 10.1. The van der Waals surface area contributed by atoms with Crippen LogP contribution in [0.25, 0.3) is 0 Å². The number of carbonyl (C=O) groups is 1. The van der Waals surface area contributed by atoms with E-state index in [0.29, 0.717) is 37.7 Å². The lowest BCUT2D eigenvalue weighted by atomic mass is 10.2. The van der Waals surface area contributed by atoms with Crippen LogP contribution >= 0.6 is 11.6 Å². The van der Waals surface area contributed by atoms with Crippen LogP contribution in [0.2, 0.25) is 5.02 Å². The summed E-state index contributed by atoms with van der Waals surface area (Å²) < 4.78 is 10.9. The molecule has 1 aliphatic rings. The summed E-state index contributed by atoms with van der Waals surface area (Å²) in [6.07, 6.45) is 1.13. The molecular formula is C15H21ClN2O3. The summed E-state index contributed by atoms with van der Waals surface area (Å²) in [5.74, 6) is 0.835. The van der Waals surface area contributed by atoms with Gasteiger partial charge in [0.2, 0.25) is 5.91 Å². The van der Waals surface area contributed by atoms with Crippen molar-refractivity contribution in [3.63, 3.8) is 0 Å². The zero-order chi connectivity index (χ0) is 15.1. The van der Waals surface area contributed by atoms with E-state index in [1.54, 1.807) is 6.07 Å². The highest BCUT2D eigenvalue weighted by atomic mass is 35.5. The van der Waals surface area contributed by atoms with Crippen molar-refractivity contribution in [1.29, 1.82) is 0 Å². The van der Waals surface area contributed by atoms with Crippen molar-refractivity contribution in [2.24, 2.45) is 0 Å². The minimum Gasteiger partial charge on any atom is -0.493 e. The molecule has 1 aromatic rings. The topological polar surface area (TPSA) is 50.8 Å². The third-order valence-corrected chi connectivity index (χ3v) is 3.47. The second kappa shape index (κ2) is 8.22. The molecular weight excluding hydrogens is 292 g/mol. The van der Waals surface area contributed by atoms with Gasteiger partial charge >= 0.3 is 0 Å². The van der Waals surface area contributed by atoms with Crippen molar-refractivity contribution in [1.82, 2.24) is 10.4 Å². The van der Waals surface area contributed by atoms with Crippen molar-refractivity contribution in [3.05, 3.63) is 28.8 Å². The fourth-order valence-electron chi connectivity index (χ4n) is 2.10. The maximum atomic E-state index is 11.8. The largest absolute Gasteiger partial charge is 0.493 e. The minimum atomic E-state index is 0.0216. The quantitative estimate of drug-likeness (QED) is 0.818. The molecule has 0 saturated carbocycles. The van der Waals surface area contributed by atoms with E-state index in [9.17, 15) is 4.79 Å². The molecule has 1 saturated heterocycles. The maximum Gasteiger partial charge on any atom is 0.234 e. The molecule has 1 aromatic carbocycles. The predicted molar refractivity (Wildman–Crippen MR) is 81.5 cm³/mol. The highest BCUT2D eigenvalue weighted by Crippen LogP contribution is 2.21. The van der Waals surface area contributed by atoms with Crippen molar-refractivity contribution in [2.75, 3.05) is 32.9 Å². The molecule has 1 amide bonds. The Morgan fingerprint density at radius 1 is 1.43 bits per heavy atom. The highest BCUT2D eigenvalue weighted by molar-refractivity contribution is 6.30. The van der Waals surface area contributed by atoms with Gasteiger partial charge in [-0.15, -0.1) is 0 Å². The molecule has 0 unspecified atom stereocenters. The lowest BCUT2D eigenvalue weighted by Gasteiger charge is -2.26. The van der Waals surface area contributed by atoms with Crippen LogP contribution in [-0.2, 0) is 9.53 Å². The molecule has 0 aromatic heterocycles. The van der Waals surface area contributed by atoms with Crippen LogP contribution in [0.5, 0.6) is 5.75 Å². The van der Waals surface area contributed by atoms with Gasteiger partial charge in [-0.2, -0.15) is 0 Å². The molecule has 0 radical (unpaired) electrons. The average molecular weight is 313 g/mol. The van der Waals surface area contributed by atoms with Gasteiger partial charge in [0.1, 0.15) is 5.75 Å². The number of halogens is 1. The molecule has 1 N–H and O–H groups in total. The van der Waals surface area contributed by atoms with Gasteiger partial charge < -0.3 is 9.47 Å². The van der Waals surface area contributed by atoms with E-state index in [-0.39, 0.29) is 5.91 Å². The van der Waals surface area contributed by atoms with Crippen molar-refractivity contribution in [3.8, 4) is 5.75 Å². The summed E-state index contributed by atoms with van der Waals surface area (Å²) in [7, 11) is 0. The molecule has 6 heteroatoms. The summed E-state index contributed by atoms with van der Waals surface area (Å²) in [4.78, 5) is 11.8. The summed E-state index contributed by atoms with van der Waals surface area (Å²) in [5, 5.41) is 2.60. The molecule has 0 atom stereocenters. The fourth-order valence-corrected chi connectivity index (χ4v) is 2.32. The van der Waals surface area contributed by atoms with Crippen LogP contribution < -0.4 is 10.2 Å². The van der Waals surface area contributed by atoms with Gasteiger partial charge in [0.05, 0.1) is 19.8 Å². The molecule has 2 rings (SSSR count). The summed E-state index contributed by atoms with van der Waals surface area (Å²) in [5.41, 5.74) is 3.88. The number of ether oxygens (including phenoxy) is 2. The Bertz CT molecular complexity index is 476. The first-order valence-corrected chi connectivity index (χ1v) is 7.54. The van der Waals surface area contributed by atoms with Crippen LogP contribution in [0, 0.1) is 6.92 Å². The Morgan fingerprint density at radius 3 is 2.90 bits per heavy atom. The summed E-state index contributed by atoms with van der Waals surface area (Å²) in [6, 6.07) is 5.52. The molecule has 1 fully saturated rings. The Labute approximate surface area is 130 Å². The number of hydrogen-bond donors (Lipinski definition) is 1. The lowest BCUT2D eigenvalue weighted by Crippen LogP contribution is -2.48. The van der Waals surface area contributed by atoms with Gasteiger partial charge in [0.25, 0.3) is 0 Å². The van der Waals surface area contributed by atoms with E-state index < -0.39 is 0 Å². The number of nitrogens with one attached hydrogen (secondary N) is 1. The number of nitrogens with zero attached hydrogens (tertiary/aromatic N) is 1. The summed E-state index contributed by atoms with van der Waals surface area (Å²) in [6.45, 7) is 5.28. The monoisotopic (exact) mass is 312 g/mol. The van der Waals surface area contributed by atoms with Gasteiger partial charge in [-0.25, -0.2) is 5.01 Å². The number of amides is 1. The normalized spacial score (nSPS) is 15.7. The van der Waals surface area contributed by atoms with Crippen LogP contribution in [0.4, 0.5) is 0 Å². The Balaban J connectivity index is 1.63. The molecule has 0 bridgehead atoms. The average Bonchev–Trinajstić information content (AvgIpc) is 2.46. The van der Waals surface area contributed by atoms with E-state index in [2.05, 4.69) is 5.43 Å². The van der Waals surface area contributed by atoms with Crippen LogP contribution in [-0.4, -0.2) is 43.8 Å². The Morgan fingerprint density at radius 2 is 2.19 bits per heavy atom. The lowest BCUT2D eigenvalue weighted by molar-refractivity contribution is -0.128. The Kier molecular flexibility index (Phi) is 6.29. The first kappa shape index (κ1) is 16.1. The highest BCUT2D eigenvalue weighted by Gasteiger charge is 2.12. The van der Waals surface area contributed by atoms with Gasteiger partial charge in [0.15, 0.2) is 0 Å². The second-order valence-electron chi connectivity index (χ2n) is 5.00. The minimum absolute atomic E-state index is 0.0216. The van der Waals surface area contributed by atoms with E-state index in [1.165, 1.54) is 0 Å². The standard InChI is InChI=1S/C15H21ClN2O3/c1-12-11-13(16)4-5-14(12)21-8-2-3-15(19)17-18-6-9-20-10-7-18/h4-5,11H,2-3,6-10H2,1H3,(H,17,19). The zero-order valence-electron chi connectivity index (χ0n) is 12.2. The maximum absolute atomic E-state index is 11.8. The van der Waals surface area contributed by atoms with E-state index in [4.69, 9.17) is 21.1 Å². The Hall–Kier alpha value is -1.30. The van der Waals surface area contributed by atoms with E-state index >= 15 is 0 Å². The first-order valence-electron chi connectivity index (χ1n) is 7.16. The number of rotatable bonds is 6. The van der Waals surface area contributed by atoms with Gasteiger partial charge in [-0.1, -0.05) is 11.6 Å². The molecule has 5 nitrogen and oxygen atoms in total. The third kappa shape index (κ3) is 5.53. The van der Waals surface area contributed by atoms with Gasteiger partial charge in [-0.05, 0) is 37.1 Å². The van der Waals surface area contributed by atoms with Crippen molar-refractivity contribution >= 4 is 17.5 Å². The fraction of sp³-hybridized carbons (Fsp3) is 0.533. The number of morpholine rings is 1. The molecule has 21 heavy (non-hydrogen) atoms. The molecule has 1 aliphatic heterocycles. The van der Waals surface area contributed by atoms with Gasteiger partial charge in [0, 0.05) is 24.5 Å². The molecule has 116 valence electrons. The zero-order valence-corrected chi connectivity index (χ0v) is 13.0. The number of benzene rings is 1. The molecule has 1 heterocycles. The second-order valence-corrected chi connectivity index (χ2v) is 5.43. The van der Waals surface area contributed by atoms with Crippen molar-refractivity contribution in [2.45, 2.75) is 19.8 Å². The van der Waals surface area contributed by atoms with Crippen LogP contribution in [0.15, 0.2) is 18.2 Å². The molecule has 0 aliphatic carbocycles. The number of aryl methyl sites for hydroxylation is 1. The van der Waals surface area contributed by atoms with Crippen LogP contribution in [0.3, 0.4) is 0 Å². The van der Waals surface area contributed by atoms with Crippen molar-refractivity contribution < 1.29 is 14.3 Å². The summed E-state index contributed by atoms with van der Waals surface area (Å²) >= 11 is 5.89. The molecule has 0 spiro atoms. The van der Waals surface area contributed by atoms with E-state index in [1.807, 2.05) is 24.1 Å². The third-order valence-electron chi connectivity index (χ3n) is 3.24. The number of hydrogen-bond acceptors (Lipinski definition) is 4. The van der Waals surface area contributed by atoms with Gasteiger partial charge in [-0.3, -0.25) is 10.2 Å². The predicted octanol–water partition coefficient (Wildman–Crippen LogP) is 2.17. The van der Waals surface area contributed by atoms with E-state index in [0.717, 1.165) is 24.4 Å². The van der Waals surface area contributed by atoms with Crippen LogP contribution in [0.1, 0.15) is 18.4 Å². The number of carbonyl (C=O) groups excluding carboxylic acids is 1.